The molecule has 2 N–H and O–H groups in total. The highest BCUT2D eigenvalue weighted by Gasteiger charge is 2.06. The summed E-state index contributed by atoms with van der Waals surface area (Å²) in [6.07, 6.45) is 1.95. The second-order valence-corrected chi connectivity index (χ2v) is 2.69. The Bertz CT molecular complexity index is 346. The fourth-order valence-corrected chi connectivity index (χ4v) is 1.03. The lowest BCUT2D eigenvalue weighted by Gasteiger charge is -2.02. The molecule has 1 rings (SSSR count). The molecule has 1 aromatic rings. The molecule has 0 unspecified atom stereocenters. The van der Waals surface area contributed by atoms with Gasteiger partial charge in [-0.3, -0.25) is 0 Å². The van der Waals surface area contributed by atoms with Crippen molar-refractivity contribution in [3.05, 3.63) is 35.9 Å². The number of primary amides is 1. The predicted octanol–water partition coefficient (Wildman–Crippen LogP) is 1.12. The molecule has 2 amide bonds. The third kappa shape index (κ3) is 2.82. The van der Waals surface area contributed by atoms with Gasteiger partial charge in [0.1, 0.15) is 6.29 Å². The van der Waals surface area contributed by atoms with E-state index in [0.29, 0.717) is 6.29 Å². The molecular formula is C10H10N2O2. The lowest BCUT2D eigenvalue weighted by Crippen LogP contribution is -2.08. The van der Waals surface area contributed by atoms with E-state index in [4.69, 9.17) is 5.73 Å². The van der Waals surface area contributed by atoms with Crippen LogP contribution in [-0.4, -0.2) is 18.5 Å². The number of rotatable bonds is 3. The minimum absolute atomic E-state index is 0.510. The Morgan fingerprint density at radius 1 is 1.36 bits per heavy atom. The highest BCUT2D eigenvalue weighted by Crippen LogP contribution is 2.10. The molecule has 0 saturated carbocycles. The first-order valence-electron chi connectivity index (χ1n) is 4.08. The Morgan fingerprint density at radius 3 is 2.50 bits per heavy atom. The Hall–Kier alpha value is -1.97. The van der Waals surface area contributed by atoms with Crippen LogP contribution in [0.1, 0.15) is 11.5 Å². The number of carbonyl (C=O) groups is 2. The Morgan fingerprint density at radius 2 is 2.00 bits per heavy atom. The van der Waals surface area contributed by atoms with Crippen LogP contribution in [0.3, 0.4) is 0 Å². The van der Waals surface area contributed by atoms with Crippen LogP contribution in [0.5, 0.6) is 0 Å². The van der Waals surface area contributed by atoms with Gasteiger partial charge >= 0.3 is 6.03 Å². The molecule has 1 aromatic carbocycles. The molecule has 0 spiro atoms. The lowest BCUT2D eigenvalue weighted by molar-refractivity contribution is -0.107. The van der Waals surface area contributed by atoms with E-state index < -0.39 is 11.9 Å². The van der Waals surface area contributed by atoms with Crippen LogP contribution in [0, 0.1) is 0 Å². The summed E-state index contributed by atoms with van der Waals surface area (Å²) in [4.78, 5) is 24.4. The van der Waals surface area contributed by atoms with Crippen molar-refractivity contribution in [3.8, 4) is 0 Å². The third-order valence-electron chi connectivity index (χ3n) is 1.69. The predicted molar refractivity (Wildman–Crippen MR) is 53.3 cm³/mol. The first-order chi connectivity index (χ1) is 6.74. The highest BCUT2D eigenvalue weighted by atomic mass is 16.2. The van der Waals surface area contributed by atoms with Crippen molar-refractivity contribution in [2.45, 2.75) is 5.92 Å². The molecule has 0 radical (unpaired) electrons. The second-order valence-electron chi connectivity index (χ2n) is 2.69. The average molecular weight is 190 g/mol. The number of hydrogen-bond donors (Lipinski definition) is 1. The number of nitrogens with two attached hydrogens (primary N) is 1. The maximum Gasteiger partial charge on any atom is 0.337 e. The summed E-state index contributed by atoms with van der Waals surface area (Å²) in [5, 5.41) is 0. The number of nitrogens with zero attached hydrogens (tertiary/aromatic N) is 1. The van der Waals surface area contributed by atoms with E-state index >= 15 is 0 Å². The Labute approximate surface area is 81.4 Å². The van der Waals surface area contributed by atoms with E-state index in [2.05, 4.69) is 4.99 Å². The maximum absolute atomic E-state index is 10.7. The van der Waals surface area contributed by atoms with Gasteiger partial charge in [-0.15, -0.1) is 0 Å². The number of aldehydes is 1. The molecular weight excluding hydrogens is 180 g/mol. The number of urea groups is 1. The maximum atomic E-state index is 10.7. The molecule has 4 heteroatoms. The largest absolute Gasteiger partial charge is 0.350 e. The lowest BCUT2D eigenvalue weighted by atomic mass is 10.0. The number of aliphatic imine (C=N–C) groups is 1. The van der Waals surface area contributed by atoms with E-state index in [1.165, 1.54) is 6.21 Å². The van der Waals surface area contributed by atoms with Crippen LogP contribution in [0.2, 0.25) is 0 Å². The van der Waals surface area contributed by atoms with E-state index in [0.717, 1.165) is 5.56 Å². The van der Waals surface area contributed by atoms with Gasteiger partial charge in [0.05, 0.1) is 5.92 Å². The third-order valence-corrected chi connectivity index (χ3v) is 1.69. The summed E-state index contributed by atoms with van der Waals surface area (Å²) in [7, 11) is 0. The van der Waals surface area contributed by atoms with Gasteiger partial charge in [-0.2, -0.15) is 0 Å². The van der Waals surface area contributed by atoms with Gasteiger partial charge < -0.3 is 10.5 Å². The first-order valence-corrected chi connectivity index (χ1v) is 4.08. The van der Waals surface area contributed by atoms with Crippen LogP contribution in [0.25, 0.3) is 0 Å². The van der Waals surface area contributed by atoms with Crippen LogP contribution in [0.15, 0.2) is 35.3 Å². The van der Waals surface area contributed by atoms with Crippen molar-refractivity contribution in [1.82, 2.24) is 0 Å². The molecule has 0 bridgehead atoms. The van der Waals surface area contributed by atoms with Crippen molar-refractivity contribution in [2.24, 2.45) is 10.7 Å². The van der Waals surface area contributed by atoms with Crippen molar-refractivity contribution in [3.63, 3.8) is 0 Å². The summed E-state index contributed by atoms with van der Waals surface area (Å²) in [6.45, 7) is 0. The summed E-state index contributed by atoms with van der Waals surface area (Å²) in [6, 6.07) is 8.23. The molecule has 72 valence electrons. The second kappa shape index (κ2) is 4.91. The van der Waals surface area contributed by atoms with Gasteiger partial charge in [-0.1, -0.05) is 30.3 Å². The summed E-state index contributed by atoms with van der Waals surface area (Å²) < 4.78 is 0. The molecule has 0 aliphatic heterocycles. The molecule has 0 heterocycles. The Kier molecular flexibility index (Phi) is 3.55. The van der Waals surface area contributed by atoms with Gasteiger partial charge in [-0.05, 0) is 5.56 Å². The van der Waals surface area contributed by atoms with E-state index in [1.54, 1.807) is 12.1 Å². The van der Waals surface area contributed by atoms with E-state index in [1.807, 2.05) is 18.2 Å². The van der Waals surface area contributed by atoms with Gasteiger partial charge in [0.25, 0.3) is 0 Å². The van der Waals surface area contributed by atoms with Crippen molar-refractivity contribution >= 4 is 18.5 Å². The zero-order valence-corrected chi connectivity index (χ0v) is 7.46. The van der Waals surface area contributed by atoms with Crippen molar-refractivity contribution < 1.29 is 9.59 Å². The van der Waals surface area contributed by atoms with Crippen molar-refractivity contribution in [1.29, 1.82) is 0 Å². The summed E-state index contributed by atoms with van der Waals surface area (Å²) in [5.41, 5.74) is 5.61. The topological polar surface area (TPSA) is 72.5 Å². The SMILES string of the molecule is NC(=O)N=C[C@H](C=O)c1ccccc1. The molecule has 0 aromatic heterocycles. The molecule has 4 nitrogen and oxygen atoms in total. The normalized spacial score (nSPS) is 12.6. The fraction of sp³-hybridized carbons (Fsp3) is 0.100. The zero-order chi connectivity index (χ0) is 10.4. The molecule has 1 atom stereocenters. The standard InChI is InChI=1S/C10H10N2O2/c11-10(14)12-6-9(7-13)8-4-2-1-3-5-8/h1-7,9H,(H2,11,14)/t9-/m1/s1. The smallest absolute Gasteiger partial charge is 0.337 e. The van der Waals surface area contributed by atoms with Crippen LogP contribution >= 0.6 is 0 Å². The zero-order valence-electron chi connectivity index (χ0n) is 7.46. The van der Waals surface area contributed by atoms with Crippen LogP contribution in [-0.2, 0) is 4.79 Å². The molecule has 0 fully saturated rings. The minimum Gasteiger partial charge on any atom is -0.350 e. The van der Waals surface area contributed by atoms with Gasteiger partial charge in [0, 0.05) is 6.21 Å². The molecule has 0 aliphatic rings. The number of hydrogen-bond acceptors (Lipinski definition) is 2. The van der Waals surface area contributed by atoms with Gasteiger partial charge in [-0.25, -0.2) is 9.79 Å². The van der Waals surface area contributed by atoms with Crippen molar-refractivity contribution in [2.75, 3.05) is 0 Å². The molecule has 0 saturated heterocycles. The number of benzene rings is 1. The number of carbonyl (C=O) groups excluding carboxylic acids is 2. The fourth-order valence-electron chi connectivity index (χ4n) is 1.03. The van der Waals surface area contributed by atoms with Gasteiger partial charge in [0.2, 0.25) is 0 Å². The van der Waals surface area contributed by atoms with E-state index in [-0.39, 0.29) is 0 Å². The first kappa shape index (κ1) is 10.1. The monoisotopic (exact) mass is 190 g/mol. The van der Waals surface area contributed by atoms with Crippen LogP contribution in [0.4, 0.5) is 4.79 Å². The van der Waals surface area contributed by atoms with E-state index in [9.17, 15) is 9.59 Å². The minimum atomic E-state index is -0.798. The molecule has 0 aliphatic carbocycles. The summed E-state index contributed by atoms with van der Waals surface area (Å²) >= 11 is 0. The Balaban J connectivity index is 2.83. The summed E-state index contributed by atoms with van der Waals surface area (Å²) in [5.74, 6) is -0.510. The number of amides is 2. The highest BCUT2D eigenvalue weighted by molar-refractivity contribution is 5.93. The van der Waals surface area contributed by atoms with Gasteiger partial charge in [0.15, 0.2) is 0 Å². The quantitative estimate of drug-likeness (QED) is 0.573. The molecule has 14 heavy (non-hydrogen) atoms. The van der Waals surface area contributed by atoms with Crippen LogP contribution < -0.4 is 5.73 Å². The average Bonchev–Trinajstić information content (AvgIpc) is 2.20.